The minimum absolute atomic E-state index is 0.278. The highest BCUT2D eigenvalue weighted by Crippen LogP contribution is 2.27. The van der Waals surface area contributed by atoms with Gasteiger partial charge >= 0.3 is 0 Å². The smallest absolute Gasteiger partial charge is 0.207 e. The lowest BCUT2D eigenvalue weighted by Gasteiger charge is -2.33. The van der Waals surface area contributed by atoms with E-state index in [0.29, 0.717) is 35.1 Å². The summed E-state index contributed by atoms with van der Waals surface area (Å²) in [6, 6.07) is 6.40. The molecule has 1 saturated carbocycles. The number of hydrogen-bond donors (Lipinski definition) is 2. The van der Waals surface area contributed by atoms with Crippen molar-refractivity contribution in [3.63, 3.8) is 0 Å². The molecule has 2 N–H and O–H groups in total. The van der Waals surface area contributed by atoms with Crippen LogP contribution < -0.4 is 9.44 Å². The molecule has 0 unspecified atom stereocenters. The summed E-state index contributed by atoms with van der Waals surface area (Å²) in [5.74, 6) is 0. The Labute approximate surface area is 192 Å². The van der Waals surface area contributed by atoms with E-state index in [4.69, 9.17) is 0 Å². The Morgan fingerprint density at radius 1 is 0.594 bits per heavy atom. The summed E-state index contributed by atoms with van der Waals surface area (Å²) >= 11 is 0. The third-order valence-electron chi connectivity index (χ3n) is 6.13. The van der Waals surface area contributed by atoms with Crippen LogP contribution in [0.2, 0.25) is 0 Å². The number of nitrogens with one attached hydrogen (secondary N) is 2. The highest BCUT2D eigenvalue weighted by molar-refractivity contribution is 7.90. The third-order valence-corrected chi connectivity index (χ3v) is 9.71. The molecule has 0 aliphatic heterocycles. The summed E-state index contributed by atoms with van der Waals surface area (Å²) in [4.78, 5) is 0.556. The minimum atomic E-state index is -3.80. The maximum Gasteiger partial charge on any atom is 0.241 e. The lowest BCUT2D eigenvalue weighted by molar-refractivity contribution is 0.340. The van der Waals surface area contributed by atoms with Gasteiger partial charge in [-0.05, 0) is 76.6 Å². The first kappa shape index (κ1) is 24.9. The molecule has 0 spiro atoms. The molecule has 32 heavy (non-hydrogen) atoms. The van der Waals surface area contributed by atoms with E-state index >= 15 is 0 Å². The first-order chi connectivity index (χ1) is 14.8. The van der Waals surface area contributed by atoms with E-state index in [-0.39, 0.29) is 9.79 Å². The second kappa shape index (κ2) is 9.25. The largest absolute Gasteiger partial charge is 0.241 e. The van der Waals surface area contributed by atoms with Crippen molar-refractivity contribution in [3.8, 4) is 0 Å². The second-order valence-electron chi connectivity index (χ2n) is 9.20. The zero-order chi connectivity index (χ0) is 23.8. The molecular formula is C24H34N2O4S2. The minimum Gasteiger partial charge on any atom is -0.207 e. The molecule has 8 heteroatoms. The summed E-state index contributed by atoms with van der Waals surface area (Å²) in [5, 5.41) is 0. The first-order valence-corrected chi connectivity index (χ1v) is 14.0. The quantitative estimate of drug-likeness (QED) is 0.654. The summed E-state index contributed by atoms with van der Waals surface area (Å²) in [6.45, 7) is 11.0. The molecule has 3 rings (SSSR count). The van der Waals surface area contributed by atoms with Crippen molar-refractivity contribution in [3.05, 3.63) is 57.6 Å². The lowest BCUT2D eigenvalue weighted by Crippen LogP contribution is -2.53. The Balaban J connectivity index is 1.90. The number of benzene rings is 2. The van der Waals surface area contributed by atoms with Gasteiger partial charge in [-0.3, -0.25) is 0 Å². The molecule has 1 aliphatic carbocycles. The van der Waals surface area contributed by atoms with Crippen LogP contribution in [-0.4, -0.2) is 28.9 Å². The zero-order valence-electron chi connectivity index (χ0n) is 19.7. The molecule has 2 aromatic carbocycles. The zero-order valence-corrected chi connectivity index (χ0v) is 21.4. The van der Waals surface area contributed by atoms with Crippen LogP contribution in [0.3, 0.4) is 0 Å². The summed E-state index contributed by atoms with van der Waals surface area (Å²) < 4.78 is 58.8. The summed E-state index contributed by atoms with van der Waals surface area (Å²) in [7, 11) is -7.60. The van der Waals surface area contributed by atoms with Gasteiger partial charge < -0.3 is 0 Å². The molecule has 0 bridgehead atoms. The molecule has 0 radical (unpaired) electrons. The van der Waals surface area contributed by atoms with E-state index in [0.717, 1.165) is 24.0 Å². The topological polar surface area (TPSA) is 92.3 Å². The number of hydrogen-bond acceptors (Lipinski definition) is 4. The van der Waals surface area contributed by atoms with E-state index < -0.39 is 32.1 Å². The lowest BCUT2D eigenvalue weighted by atomic mass is 9.92. The highest BCUT2D eigenvalue weighted by Gasteiger charge is 2.34. The van der Waals surface area contributed by atoms with Crippen LogP contribution in [0.15, 0.2) is 34.1 Å². The normalized spacial score (nSPS) is 19.8. The number of sulfonamides is 2. The molecule has 0 aromatic heterocycles. The van der Waals surface area contributed by atoms with Crippen LogP contribution in [0.5, 0.6) is 0 Å². The molecule has 0 saturated heterocycles. The van der Waals surface area contributed by atoms with Gasteiger partial charge in [0.15, 0.2) is 0 Å². The summed E-state index contributed by atoms with van der Waals surface area (Å²) in [5.41, 5.74) is 4.77. The molecular weight excluding hydrogens is 444 g/mol. The van der Waals surface area contributed by atoms with Gasteiger partial charge in [0.25, 0.3) is 0 Å². The van der Waals surface area contributed by atoms with Crippen molar-refractivity contribution in [2.75, 3.05) is 0 Å². The average molecular weight is 479 g/mol. The SMILES string of the molecule is Cc1cc(C)c(S(=O)(=O)N[C@H]2CCCC[C@H]2NS(=O)(=O)c2c(C)cc(C)cc2C)c(C)c1. The van der Waals surface area contributed by atoms with Crippen molar-refractivity contribution in [2.45, 2.75) is 89.1 Å². The highest BCUT2D eigenvalue weighted by atomic mass is 32.2. The predicted octanol–water partition coefficient (Wildman–Crippen LogP) is 4.11. The average Bonchev–Trinajstić information content (AvgIpc) is 2.60. The molecule has 0 amide bonds. The molecule has 176 valence electrons. The fourth-order valence-electron chi connectivity index (χ4n) is 5.11. The van der Waals surface area contributed by atoms with E-state index in [1.807, 2.05) is 38.1 Å². The maximum atomic E-state index is 13.3. The fraction of sp³-hybridized carbons (Fsp3) is 0.500. The predicted molar refractivity (Wildman–Crippen MR) is 128 cm³/mol. The van der Waals surface area contributed by atoms with E-state index in [1.165, 1.54) is 0 Å². The van der Waals surface area contributed by atoms with E-state index in [9.17, 15) is 16.8 Å². The van der Waals surface area contributed by atoms with Gasteiger partial charge in [-0.2, -0.15) is 0 Å². The first-order valence-electron chi connectivity index (χ1n) is 11.0. The van der Waals surface area contributed by atoms with Crippen LogP contribution in [0.4, 0.5) is 0 Å². The monoisotopic (exact) mass is 478 g/mol. The van der Waals surface area contributed by atoms with Crippen LogP contribution in [0, 0.1) is 41.5 Å². The Morgan fingerprint density at radius 2 is 0.875 bits per heavy atom. The standard InChI is InChI=1S/C24H34N2O4S2/c1-15-11-17(3)23(18(4)12-15)31(27,28)25-21-9-7-8-10-22(21)26-32(29,30)24-19(5)13-16(2)14-20(24)6/h11-14,21-22,25-26H,7-10H2,1-6H3/t21-,22+. The van der Waals surface area contributed by atoms with Crippen molar-refractivity contribution in [1.82, 2.24) is 9.44 Å². The van der Waals surface area contributed by atoms with E-state index in [1.54, 1.807) is 27.7 Å². The van der Waals surface area contributed by atoms with Crippen molar-refractivity contribution >= 4 is 20.0 Å². The Morgan fingerprint density at radius 3 is 1.16 bits per heavy atom. The second-order valence-corrected chi connectivity index (χ2v) is 12.5. The van der Waals surface area contributed by atoms with Gasteiger partial charge in [-0.15, -0.1) is 0 Å². The van der Waals surface area contributed by atoms with Gasteiger partial charge in [-0.1, -0.05) is 48.2 Å². The summed E-state index contributed by atoms with van der Waals surface area (Å²) in [6.07, 6.45) is 2.87. The van der Waals surface area contributed by atoms with Gasteiger partial charge in [0.05, 0.1) is 9.79 Å². The molecule has 2 aromatic rings. The molecule has 1 fully saturated rings. The Kier molecular flexibility index (Phi) is 7.20. The van der Waals surface area contributed by atoms with Crippen LogP contribution in [-0.2, 0) is 20.0 Å². The van der Waals surface area contributed by atoms with Crippen molar-refractivity contribution < 1.29 is 16.8 Å². The number of rotatable bonds is 6. The fourth-order valence-corrected chi connectivity index (χ4v) is 8.64. The van der Waals surface area contributed by atoms with Crippen molar-refractivity contribution in [2.24, 2.45) is 0 Å². The van der Waals surface area contributed by atoms with Crippen LogP contribution >= 0.6 is 0 Å². The Hall–Kier alpha value is -1.74. The maximum absolute atomic E-state index is 13.3. The van der Waals surface area contributed by atoms with Crippen molar-refractivity contribution in [1.29, 1.82) is 0 Å². The van der Waals surface area contributed by atoms with Crippen LogP contribution in [0.25, 0.3) is 0 Å². The Bertz CT molecular complexity index is 1090. The van der Waals surface area contributed by atoms with Gasteiger partial charge in [0.2, 0.25) is 20.0 Å². The van der Waals surface area contributed by atoms with Gasteiger partial charge in [-0.25, -0.2) is 26.3 Å². The molecule has 0 heterocycles. The molecule has 2 atom stereocenters. The van der Waals surface area contributed by atoms with Gasteiger partial charge in [0.1, 0.15) is 0 Å². The third kappa shape index (κ3) is 5.25. The van der Waals surface area contributed by atoms with Gasteiger partial charge in [0, 0.05) is 12.1 Å². The van der Waals surface area contributed by atoms with E-state index in [2.05, 4.69) is 9.44 Å². The van der Waals surface area contributed by atoms with Crippen LogP contribution in [0.1, 0.15) is 59.1 Å². The number of aryl methyl sites for hydroxylation is 6. The molecule has 6 nitrogen and oxygen atoms in total. The molecule has 1 aliphatic rings.